The minimum absolute atomic E-state index is 0.847. The smallest absolute Gasteiger partial charge is 0.0230 e. The molecule has 3 aliphatic carbocycles. The Bertz CT molecular complexity index is 901. The zero-order valence-electron chi connectivity index (χ0n) is 38.5. The van der Waals surface area contributed by atoms with Gasteiger partial charge in [0.2, 0.25) is 0 Å². The number of hydrogen-bond donors (Lipinski definition) is 0. The molecule has 0 spiro atoms. The maximum Gasteiger partial charge on any atom is -0.0230 e. The molecule has 0 heterocycles. The van der Waals surface area contributed by atoms with Gasteiger partial charge in [-0.15, -0.1) is 9.24 Å². The zero-order valence-corrected chi connectivity index (χ0v) is 39.6. The quantitative estimate of drug-likeness (QED) is 0.0771. The molecule has 10 unspecified atom stereocenters. The fourth-order valence-electron chi connectivity index (χ4n) is 13.9. The van der Waals surface area contributed by atoms with Crippen LogP contribution in [-0.4, -0.2) is 5.66 Å². The van der Waals surface area contributed by atoms with Crippen LogP contribution in [0, 0.1) is 88.8 Å². The summed E-state index contributed by atoms with van der Waals surface area (Å²) in [6.07, 6.45) is 36.8. The van der Waals surface area contributed by atoms with Crippen molar-refractivity contribution in [2.24, 2.45) is 88.8 Å². The molecule has 0 aromatic carbocycles. The largest absolute Gasteiger partial charge is 0.134 e. The van der Waals surface area contributed by atoms with Crippen LogP contribution in [0.25, 0.3) is 0 Å². The van der Waals surface area contributed by atoms with Crippen molar-refractivity contribution in [2.45, 2.75) is 242 Å². The Morgan fingerprint density at radius 3 is 1.85 bits per heavy atom. The number of rotatable bonds is 26. The molecule has 3 saturated carbocycles. The third-order valence-electron chi connectivity index (χ3n) is 16.9. The van der Waals surface area contributed by atoms with Crippen molar-refractivity contribution in [3.63, 3.8) is 0 Å². The van der Waals surface area contributed by atoms with Crippen LogP contribution >= 0.6 is 9.24 Å². The maximum absolute atomic E-state index is 3.47. The summed E-state index contributed by atoms with van der Waals surface area (Å²) in [4.78, 5) is 0. The average Bonchev–Trinajstić information content (AvgIpc) is 3.15. The molecule has 0 aromatic heterocycles. The number of fused-ring (bicyclic) bond motifs is 1. The first kappa shape index (κ1) is 47.8. The van der Waals surface area contributed by atoms with E-state index in [1.807, 2.05) is 0 Å². The van der Waals surface area contributed by atoms with E-state index in [0.29, 0.717) is 0 Å². The van der Waals surface area contributed by atoms with E-state index < -0.39 is 0 Å². The fraction of sp³-hybridized carbons (Fsp3) is 1.00. The summed E-state index contributed by atoms with van der Waals surface area (Å²) in [6.45, 7) is 27.6. The van der Waals surface area contributed by atoms with Gasteiger partial charge in [0, 0.05) is 0 Å². The van der Waals surface area contributed by atoms with Crippen molar-refractivity contribution in [3.8, 4) is 0 Å². The lowest BCUT2D eigenvalue weighted by molar-refractivity contribution is -0.0197. The molecule has 0 amide bonds. The van der Waals surface area contributed by atoms with Crippen molar-refractivity contribution < 1.29 is 0 Å². The van der Waals surface area contributed by atoms with Gasteiger partial charge < -0.3 is 0 Å². The van der Waals surface area contributed by atoms with Gasteiger partial charge in [-0.1, -0.05) is 179 Å². The highest BCUT2D eigenvalue weighted by molar-refractivity contribution is 7.17. The molecule has 53 heavy (non-hydrogen) atoms. The average molecular weight is 757 g/mol. The minimum Gasteiger partial charge on any atom is -0.134 e. The Morgan fingerprint density at radius 2 is 1.25 bits per heavy atom. The Labute approximate surface area is 339 Å². The highest BCUT2D eigenvalue weighted by Gasteiger charge is 2.49. The van der Waals surface area contributed by atoms with E-state index in [9.17, 15) is 0 Å². The van der Waals surface area contributed by atoms with E-state index >= 15 is 0 Å². The van der Waals surface area contributed by atoms with E-state index in [4.69, 9.17) is 0 Å². The molecular formula is C52H101P. The van der Waals surface area contributed by atoms with Crippen LogP contribution in [-0.2, 0) is 0 Å². The van der Waals surface area contributed by atoms with Crippen LogP contribution in [0.2, 0.25) is 0 Å². The molecule has 0 aliphatic heterocycles. The highest BCUT2D eigenvalue weighted by Crippen LogP contribution is 2.57. The van der Waals surface area contributed by atoms with Gasteiger partial charge in [-0.25, -0.2) is 0 Å². The third kappa shape index (κ3) is 14.6. The molecular weight excluding hydrogens is 656 g/mol. The molecule has 0 radical (unpaired) electrons. The molecule has 314 valence electrons. The van der Waals surface area contributed by atoms with E-state index in [1.165, 1.54) is 116 Å². The standard InChI is InChI=1S/C52H101P/c1-12-18-22-42(17-6)51(39(10)26-25-38(9)16-5)47(24-20-14-3)40(11)34-41-27-29-43(30-28-41)44-31-32-48-49(35-44)50(53)36-46(23-19-13-2)52(48)45(21-15-4)33-37(7)8/h37-52H,12-36,53H2,1-11H3/t38?,39?,40?,41?,42?,43?,44?,45?,46-,47?,48+,49-,50?,51?,52-/m0/s1. The first-order valence-corrected chi connectivity index (χ1v) is 25.9. The van der Waals surface area contributed by atoms with Gasteiger partial charge in [0.15, 0.2) is 0 Å². The van der Waals surface area contributed by atoms with E-state index in [0.717, 1.165) is 94.4 Å². The summed E-state index contributed by atoms with van der Waals surface area (Å²) in [5, 5.41) is 0. The SMILES string of the molecule is CCCCC(CC)C(C(C)CCC(C)CC)C(CCCC)C(C)CC1CCC(C2CC[C@H]3[C@@H](C(CCC)CC(C)C)[C@@H](CCCC)CC(P)[C@H]3C2)CC1. The third-order valence-corrected chi connectivity index (χ3v) is 17.7. The van der Waals surface area contributed by atoms with Crippen molar-refractivity contribution >= 4 is 9.24 Å². The molecule has 0 N–H and O–H groups in total. The van der Waals surface area contributed by atoms with Gasteiger partial charge in [-0.2, -0.15) is 0 Å². The van der Waals surface area contributed by atoms with Gasteiger partial charge in [0.25, 0.3) is 0 Å². The minimum atomic E-state index is 0.847. The molecule has 0 bridgehead atoms. The van der Waals surface area contributed by atoms with E-state index in [1.54, 1.807) is 44.9 Å². The van der Waals surface area contributed by atoms with Gasteiger partial charge >= 0.3 is 0 Å². The fourth-order valence-corrected chi connectivity index (χ4v) is 14.6. The van der Waals surface area contributed by atoms with E-state index in [-0.39, 0.29) is 0 Å². The molecule has 3 fully saturated rings. The van der Waals surface area contributed by atoms with Crippen LogP contribution in [0.3, 0.4) is 0 Å². The lowest BCUT2D eigenvalue weighted by Gasteiger charge is -2.54. The second-order valence-electron chi connectivity index (χ2n) is 21.2. The Morgan fingerprint density at radius 1 is 0.585 bits per heavy atom. The van der Waals surface area contributed by atoms with Crippen molar-refractivity contribution in [1.82, 2.24) is 0 Å². The summed E-state index contributed by atoms with van der Waals surface area (Å²) < 4.78 is 0. The molecule has 3 aliphatic rings. The second kappa shape index (κ2) is 25.7. The van der Waals surface area contributed by atoms with Crippen LogP contribution < -0.4 is 0 Å². The highest BCUT2D eigenvalue weighted by atomic mass is 31.0. The predicted octanol–water partition coefficient (Wildman–Crippen LogP) is 17.5. The maximum atomic E-state index is 3.47. The van der Waals surface area contributed by atoms with Crippen molar-refractivity contribution in [3.05, 3.63) is 0 Å². The summed E-state index contributed by atoms with van der Waals surface area (Å²) in [5.74, 6) is 14.3. The summed E-state index contributed by atoms with van der Waals surface area (Å²) >= 11 is 0. The lowest BCUT2D eigenvalue weighted by atomic mass is 9.53. The van der Waals surface area contributed by atoms with Crippen LogP contribution in [0.4, 0.5) is 0 Å². The Balaban J connectivity index is 1.68. The molecule has 1 heteroatoms. The molecule has 3 rings (SSSR count). The van der Waals surface area contributed by atoms with Gasteiger partial charge in [0.05, 0.1) is 0 Å². The molecule has 0 nitrogen and oxygen atoms in total. The topological polar surface area (TPSA) is 0 Å². The number of unbranched alkanes of at least 4 members (excludes halogenated alkanes) is 3. The lowest BCUT2D eigenvalue weighted by Crippen LogP contribution is -2.47. The van der Waals surface area contributed by atoms with Gasteiger partial charge in [-0.05, 0) is 152 Å². The van der Waals surface area contributed by atoms with Gasteiger partial charge in [-0.3, -0.25) is 0 Å². The summed E-state index contributed by atoms with van der Waals surface area (Å²) in [7, 11) is 3.47. The molecule has 0 aromatic rings. The molecule has 0 saturated heterocycles. The monoisotopic (exact) mass is 757 g/mol. The molecule has 14 atom stereocenters. The Hall–Kier alpha value is 0.430. The first-order chi connectivity index (χ1) is 25.5. The normalized spacial score (nSPS) is 32.1. The van der Waals surface area contributed by atoms with Crippen LogP contribution in [0.1, 0.15) is 237 Å². The van der Waals surface area contributed by atoms with Crippen molar-refractivity contribution in [1.29, 1.82) is 0 Å². The van der Waals surface area contributed by atoms with Gasteiger partial charge in [0.1, 0.15) is 0 Å². The van der Waals surface area contributed by atoms with Crippen molar-refractivity contribution in [2.75, 3.05) is 0 Å². The summed E-state index contributed by atoms with van der Waals surface area (Å²) in [5.41, 5.74) is 0.879. The predicted molar refractivity (Wildman–Crippen MR) is 244 cm³/mol. The second-order valence-corrected chi connectivity index (χ2v) is 22.1. The Kier molecular flexibility index (Phi) is 23.2. The van der Waals surface area contributed by atoms with Crippen LogP contribution in [0.5, 0.6) is 0 Å². The van der Waals surface area contributed by atoms with Crippen LogP contribution in [0.15, 0.2) is 0 Å². The van der Waals surface area contributed by atoms with E-state index in [2.05, 4.69) is 85.4 Å². The zero-order chi connectivity index (χ0) is 38.9. The number of hydrogen-bond acceptors (Lipinski definition) is 0. The first-order valence-electron chi connectivity index (χ1n) is 25.3. The summed E-state index contributed by atoms with van der Waals surface area (Å²) in [6, 6.07) is 0.